The van der Waals surface area contributed by atoms with E-state index in [4.69, 9.17) is 4.74 Å². The van der Waals surface area contributed by atoms with Crippen LogP contribution in [0.3, 0.4) is 0 Å². The monoisotopic (exact) mass is 298 g/mol. The predicted octanol–water partition coefficient (Wildman–Crippen LogP) is 1.81. The lowest BCUT2D eigenvalue weighted by molar-refractivity contribution is -0.157. The van der Waals surface area contributed by atoms with E-state index in [2.05, 4.69) is 19.2 Å². The van der Waals surface area contributed by atoms with Crippen molar-refractivity contribution in [2.24, 2.45) is 11.8 Å². The summed E-state index contributed by atoms with van der Waals surface area (Å²) in [5, 5.41) is 2.87. The third-order valence-electron chi connectivity index (χ3n) is 4.17. The molecule has 2 unspecified atom stereocenters. The first-order valence-electron chi connectivity index (χ1n) is 7.92. The minimum Gasteiger partial charge on any atom is -0.379 e. The molecule has 0 aromatic heterocycles. The van der Waals surface area contributed by atoms with Crippen molar-refractivity contribution in [3.05, 3.63) is 0 Å². The average Bonchev–Trinajstić information content (AvgIpc) is 2.40. The Morgan fingerprint density at radius 1 is 1.29 bits per heavy atom. The van der Waals surface area contributed by atoms with Crippen molar-refractivity contribution >= 4 is 11.8 Å². The van der Waals surface area contributed by atoms with Gasteiger partial charge in [0.25, 0.3) is 0 Å². The van der Waals surface area contributed by atoms with Gasteiger partial charge in [0.1, 0.15) is 11.6 Å². The second kappa shape index (κ2) is 7.25. The number of ether oxygens (including phenoxy) is 1. The van der Waals surface area contributed by atoms with Crippen LogP contribution in [0.25, 0.3) is 0 Å². The molecule has 0 aromatic carbocycles. The van der Waals surface area contributed by atoms with E-state index in [1.165, 1.54) is 0 Å². The second-order valence-corrected chi connectivity index (χ2v) is 6.85. The third-order valence-corrected chi connectivity index (χ3v) is 4.17. The molecule has 0 bridgehead atoms. The molecule has 1 N–H and O–H groups in total. The summed E-state index contributed by atoms with van der Waals surface area (Å²) in [4.78, 5) is 26.6. The third kappa shape index (κ3) is 4.19. The molecule has 0 radical (unpaired) electrons. The first-order valence-corrected chi connectivity index (χ1v) is 7.92. The fourth-order valence-corrected chi connectivity index (χ4v) is 2.43. The Labute approximate surface area is 128 Å². The molecule has 0 aromatic rings. The van der Waals surface area contributed by atoms with E-state index in [1.807, 2.05) is 13.8 Å². The van der Waals surface area contributed by atoms with Gasteiger partial charge in [-0.25, -0.2) is 0 Å². The topological polar surface area (TPSA) is 58.6 Å². The second-order valence-electron chi connectivity index (χ2n) is 6.85. The van der Waals surface area contributed by atoms with Gasteiger partial charge in [0, 0.05) is 13.2 Å². The molecule has 1 saturated heterocycles. The smallest absolute Gasteiger partial charge is 0.246 e. The quantitative estimate of drug-likeness (QED) is 0.729. The summed E-state index contributed by atoms with van der Waals surface area (Å²) in [5.41, 5.74) is -0.817. The van der Waals surface area contributed by atoms with Crippen molar-refractivity contribution < 1.29 is 14.3 Å². The molecule has 1 fully saturated rings. The van der Waals surface area contributed by atoms with Crippen LogP contribution in [0.15, 0.2) is 0 Å². The number of hydrogen-bond acceptors (Lipinski definition) is 3. The van der Waals surface area contributed by atoms with Crippen LogP contribution in [0.5, 0.6) is 0 Å². The van der Waals surface area contributed by atoms with Crippen molar-refractivity contribution in [1.29, 1.82) is 0 Å². The Morgan fingerprint density at radius 3 is 2.43 bits per heavy atom. The van der Waals surface area contributed by atoms with Crippen LogP contribution in [0.4, 0.5) is 0 Å². The van der Waals surface area contributed by atoms with Gasteiger partial charge in [0.05, 0.1) is 6.61 Å². The maximum atomic E-state index is 12.7. The molecular formula is C16H30N2O3. The zero-order chi connectivity index (χ0) is 16.2. The van der Waals surface area contributed by atoms with Crippen LogP contribution in [0, 0.1) is 11.8 Å². The summed E-state index contributed by atoms with van der Waals surface area (Å²) >= 11 is 0. The fourth-order valence-electron chi connectivity index (χ4n) is 2.43. The maximum Gasteiger partial charge on any atom is 0.246 e. The summed E-state index contributed by atoms with van der Waals surface area (Å²) in [6.45, 7) is 13.4. The van der Waals surface area contributed by atoms with Gasteiger partial charge >= 0.3 is 0 Å². The van der Waals surface area contributed by atoms with Crippen LogP contribution in [-0.2, 0) is 14.3 Å². The van der Waals surface area contributed by atoms with E-state index >= 15 is 0 Å². The standard InChI is InChI=1S/C16H30N2O3/c1-7-12(4)13-14(19)18(8-9-21-10-11(2)3)16(5,6)15(20)17-13/h11-13H,7-10H2,1-6H3,(H,17,20). The molecule has 0 spiro atoms. The number of nitrogens with one attached hydrogen (secondary N) is 1. The largest absolute Gasteiger partial charge is 0.379 e. The van der Waals surface area contributed by atoms with Gasteiger partial charge in [-0.15, -0.1) is 0 Å². The van der Waals surface area contributed by atoms with Gasteiger partial charge in [-0.2, -0.15) is 0 Å². The normalized spacial score (nSPS) is 23.4. The van der Waals surface area contributed by atoms with Gasteiger partial charge in [-0.3, -0.25) is 9.59 Å². The Balaban J connectivity index is 2.75. The van der Waals surface area contributed by atoms with E-state index < -0.39 is 11.6 Å². The van der Waals surface area contributed by atoms with Crippen LogP contribution in [-0.4, -0.2) is 48.1 Å². The Hall–Kier alpha value is -1.10. The number of nitrogens with zero attached hydrogens (tertiary/aromatic N) is 1. The summed E-state index contributed by atoms with van der Waals surface area (Å²) in [6.07, 6.45) is 0.856. The first kappa shape index (κ1) is 18.0. The van der Waals surface area contributed by atoms with E-state index in [0.29, 0.717) is 25.7 Å². The molecule has 5 heteroatoms. The highest BCUT2D eigenvalue weighted by Gasteiger charge is 2.47. The molecule has 2 amide bonds. The van der Waals surface area contributed by atoms with Gasteiger partial charge in [-0.1, -0.05) is 34.1 Å². The molecule has 0 saturated carbocycles. The SMILES string of the molecule is CCC(C)C1NC(=O)C(C)(C)N(CCOCC(C)C)C1=O. The van der Waals surface area contributed by atoms with Crippen LogP contribution >= 0.6 is 0 Å². The molecule has 1 aliphatic rings. The zero-order valence-corrected chi connectivity index (χ0v) is 14.2. The van der Waals surface area contributed by atoms with Crippen LogP contribution in [0.1, 0.15) is 48.0 Å². The summed E-state index contributed by atoms with van der Waals surface area (Å²) in [6, 6.07) is -0.416. The molecule has 21 heavy (non-hydrogen) atoms. The lowest BCUT2D eigenvalue weighted by Gasteiger charge is -2.45. The number of rotatable bonds is 7. The van der Waals surface area contributed by atoms with Crippen molar-refractivity contribution in [2.45, 2.75) is 59.5 Å². The molecule has 0 aliphatic carbocycles. The van der Waals surface area contributed by atoms with Crippen molar-refractivity contribution in [3.63, 3.8) is 0 Å². The highest BCUT2D eigenvalue weighted by Crippen LogP contribution is 2.24. The molecule has 122 valence electrons. The number of piperazine rings is 1. The molecular weight excluding hydrogens is 268 g/mol. The van der Waals surface area contributed by atoms with E-state index in [0.717, 1.165) is 6.42 Å². The predicted molar refractivity (Wildman–Crippen MR) is 82.8 cm³/mol. The van der Waals surface area contributed by atoms with Gasteiger partial charge in [-0.05, 0) is 25.7 Å². The number of amides is 2. The van der Waals surface area contributed by atoms with Crippen molar-refractivity contribution in [3.8, 4) is 0 Å². The highest BCUT2D eigenvalue weighted by atomic mass is 16.5. The molecule has 5 nitrogen and oxygen atoms in total. The average molecular weight is 298 g/mol. The Morgan fingerprint density at radius 2 is 1.90 bits per heavy atom. The number of carbonyl (C=O) groups excluding carboxylic acids is 2. The molecule has 1 rings (SSSR count). The lowest BCUT2D eigenvalue weighted by Crippen LogP contribution is -2.69. The van der Waals surface area contributed by atoms with Gasteiger partial charge in [0.2, 0.25) is 11.8 Å². The number of carbonyl (C=O) groups is 2. The van der Waals surface area contributed by atoms with Crippen LogP contribution < -0.4 is 5.32 Å². The molecule has 1 aliphatic heterocycles. The maximum absolute atomic E-state index is 12.7. The zero-order valence-electron chi connectivity index (χ0n) is 14.2. The molecule has 1 heterocycles. The summed E-state index contributed by atoms with van der Waals surface area (Å²) in [7, 11) is 0. The summed E-state index contributed by atoms with van der Waals surface area (Å²) < 4.78 is 5.57. The fraction of sp³-hybridized carbons (Fsp3) is 0.875. The molecule has 2 atom stereocenters. The summed E-state index contributed by atoms with van der Waals surface area (Å²) in [5.74, 6) is 0.515. The minimum atomic E-state index is -0.817. The Bertz CT molecular complexity index is 380. The lowest BCUT2D eigenvalue weighted by atomic mass is 9.89. The Kier molecular flexibility index (Phi) is 6.20. The van der Waals surface area contributed by atoms with Gasteiger partial charge in [0.15, 0.2) is 0 Å². The number of hydrogen-bond donors (Lipinski definition) is 1. The highest BCUT2D eigenvalue weighted by molar-refractivity contribution is 5.99. The first-order chi connectivity index (χ1) is 9.71. The van der Waals surface area contributed by atoms with E-state index in [-0.39, 0.29) is 17.7 Å². The van der Waals surface area contributed by atoms with E-state index in [1.54, 1.807) is 18.7 Å². The van der Waals surface area contributed by atoms with Gasteiger partial charge < -0.3 is 15.0 Å². The minimum absolute atomic E-state index is 0.00194. The van der Waals surface area contributed by atoms with Crippen molar-refractivity contribution in [2.75, 3.05) is 19.8 Å². The van der Waals surface area contributed by atoms with E-state index in [9.17, 15) is 9.59 Å². The van der Waals surface area contributed by atoms with Crippen molar-refractivity contribution in [1.82, 2.24) is 10.2 Å². The van der Waals surface area contributed by atoms with Crippen LogP contribution in [0.2, 0.25) is 0 Å².